The summed E-state index contributed by atoms with van der Waals surface area (Å²) in [5.74, 6) is 0. The number of hydrogen-bond donors (Lipinski definition) is 7. The SMILES string of the molecule is O=C[C@H](O)[C@@H](O[C@@H]1O[C@H](CO)[C@@H](O)[C@H](O)[C@H]1O)[C@@H](O)CO. The molecule has 8 atom stereocenters. The van der Waals surface area contributed by atoms with Crippen LogP contribution < -0.4 is 0 Å². The highest BCUT2D eigenvalue weighted by Gasteiger charge is 2.46. The van der Waals surface area contributed by atoms with Crippen LogP contribution in [0.5, 0.6) is 0 Å². The lowest BCUT2D eigenvalue weighted by Gasteiger charge is -2.41. The minimum absolute atomic E-state index is 0.0492. The van der Waals surface area contributed by atoms with E-state index in [1.165, 1.54) is 0 Å². The van der Waals surface area contributed by atoms with Crippen molar-refractivity contribution in [3.05, 3.63) is 0 Å². The molecular formula is C11H20O10. The van der Waals surface area contributed by atoms with Crippen LogP contribution in [0.15, 0.2) is 0 Å². The molecule has 0 unspecified atom stereocenters. The van der Waals surface area contributed by atoms with Gasteiger partial charge in [-0.15, -0.1) is 0 Å². The second kappa shape index (κ2) is 8.08. The van der Waals surface area contributed by atoms with Crippen LogP contribution in [0.25, 0.3) is 0 Å². The van der Waals surface area contributed by atoms with Crippen molar-refractivity contribution >= 4 is 6.29 Å². The van der Waals surface area contributed by atoms with E-state index in [-0.39, 0.29) is 6.29 Å². The van der Waals surface area contributed by atoms with Gasteiger partial charge in [0.1, 0.15) is 42.7 Å². The standard InChI is InChI=1S/C11H20O10/c12-1-4(15)10(5(16)2-13)21-11-9(19)8(18)7(17)6(3-14)20-11/h1,4-11,13-19H,2-3H2/t4-,5-,6+,7+,8-,9+,10+,11-/m0/s1. The molecule has 0 saturated carbocycles. The predicted molar refractivity (Wildman–Crippen MR) is 63.8 cm³/mol. The zero-order chi connectivity index (χ0) is 16.2. The second-order valence-corrected chi connectivity index (χ2v) is 4.67. The van der Waals surface area contributed by atoms with Crippen LogP contribution in [-0.2, 0) is 14.3 Å². The Morgan fingerprint density at radius 1 is 1.10 bits per heavy atom. The Hall–Kier alpha value is -0.690. The fourth-order valence-electron chi connectivity index (χ4n) is 1.91. The van der Waals surface area contributed by atoms with Gasteiger partial charge in [-0.05, 0) is 0 Å². The van der Waals surface area contributed by atoms with Crippen molar-refractivity contribution < 1.29 is 50.0 Å². The van der Waals surface area contributed by atoms with Crippen molar-refractivity contribution in [3.8, 4) is 0 Å². The molecule has 0 amide bonds. The first-order valence-corrected chi connectivity index (χ1v) is 6.25. The van der Waals surface area contributed by atoms with Crippen LogP contribution in [0.4, 0.5) is 0 Å². The molecule has 1 rings (SSSR count). The van der Waals surface area contributed by atoms with Gasteiger partial charge in [-0.25, -0.2) is 0 Å². The molecule has 0 aromatic carbocycles. The number of carbonyl (C=O) groups is 1. The maximum absolute atomic E-state index is 10.6. The first-order chi connectivity index (χ1) is 9.87. The van der Waals surface area contributed by atoms with Gasteiger partial charge in [-0.2, -0.15) is 0 Å². The monoisotopic (exact) mass is 312 g/mol. The topological polar surface area (TPSA) is 177 Å². The van der Waals surface area contributed by atoms with Crippen molar-refractivity contribution in [2.45, 2.75) is 49.0 Å². The molecule has 10 nitrogen and oxygen atoms in total. The minimum Gasteiger partial charge on any atom is -0.394 e. The number of aldehydes is 1. The maximum atomic E-state index is 10.6. The van der Waals surface area contributed by atoms with E-state index in [0.29, 0.717) is 0 Å². The Labute approximate surface area is 119 Å². The number of rotatable bonds is 7. The lowest BCUT2D eigenvalue weighted by Crippen LogP contribution is -2.61. The highest BCUT2D eigenvalue weighted by atomic mass is 16.7. The molecule has 0 spiro atoms. The van der Waals surface area contributed by atoms with Crippen LogP contribution in [-0.4, -0.2) is 104 Å². The Morgan fingerprint density at radius 2 is 1.71 bits per heavy atom. The minimum atomic E-state index is -1.82. The molecule has 1 aliphatic heterocycles. The molecule has 0 aliphatic carbocycles. The summed E-state index contributed by atoms with van der Waals surface area (Å²) in [6.45, 7) is -1.53. The zero-order valence-corrected chi connectivity index (χ0v) is 11.0. The smallest absolute Gasteiger partial charge is 0.187 e. The first kappa shape index (κ1) is 18.4. The summed E-state index contributed by atoms with van der Waals surface area (Å²) in [6, 6.07) is 0. The molecule has 0 bridgehead atoms. The molecule has 0 radical (unpaired) electrons. The van der Waals surface area contributed by atoms with Gasteiger partial charge in [0.15, 0.2) is 12.6 Å². The Balaban J connectivity index is 2.83. The van der Waals surface area contributed by atoms with Crippen LogP contribution in [0.2, 0.25) is 0 Å². The van der Waals surface area contributed by atoms with Gasteiger partial charge < -0.3 is 50.0 Å². The van der Waals surface area contributed by atoms with Gasteiger partial charge in [0.25, 0.3) is 0 Å². The van der Waals surface area contributed by atoms with Crippen LogP contribution in [0.1, 0.15) is 0 Å². The third-order valence-corrected chi connectivity index (χ3v) is 3.18. The number of aliphatic hydroxyl groups excluding tert-OH is 7. The summed E-state index contributed by atoms with van der Waals surface area (Å²) >= 11 is 0. The molecule has 1 aliphatic rings. The summed E-state index contributed by atoms with van der Waals surface area (Å²) in [5, 5.41) is 65.6. The lowest BCUT2D eigenvalue weighted by molar-refractivity contribution is -0.322. The highest BCUT2D eigenvalue weighted by Crippen LogP contribution is 2.24. The third-order valence-electron chi connectivity index (χ3n) is 3.18. The Kier molecular flexibility index (Phi) is 7.06. The van der Waals surface area contributed by atoms with E-state index in [1.807, 2.05) is 0 Å². The van der Waals surface area contributed by atoms with E-state index in [1.54, 1.807) is 0 Å². The molecule has 1 heterocycles. The molecule has 21 heavy (non-hydrogen) atoms. The van der Waals surface area contributed by atoms with E-state index in [0.717, 1.165) is 0 Å². The highest BCUT2D eigenvalue weighted by molar-refractivity contribution is 5.56. The molecule has 0 aromatic rings. The molecule has 10 heteroatoms. The fraction of sp³-hybridized carbons (Fsp3) is 0.909. The van der Waals surface area contributed by atoms with E-state index < -0.39 is 62.2 Å². The normalized spacial score (nSPS) is 37.8. The van der Waals surface area contributed by atoms with E-state index in [4.69, 9.17) is 19.7 Å². The zero-order valence-electron chi connectivity index (χ0n) is 11.0. The predicted octanol–water partition coefficient (Wildman–Crippen LogP) is -4.92. The van der Waals surface area contributed by atoms with E-state index >= 15 is 0 Å². The lowest BCUT2D eigenvalue weighted by atomic mass is 9.99. The number of ether oxygens (including phenoxy) is 2. The Bertz CT molecular complexity index is 324. The number of hydrogen-bond acceptors (Lipinski definition) is 10. The maximum Gasteiger partial charge on any atom is 0.187 e. The van der Waals surface area contributed by atoms with Crippen LogP contribution in [0, 0.1) is 0 Å². The van der Waals surface area contributed by atoms with Crippen LogP contribution in [0.3, 0.4) is 0 Å². The van der Waals surface area contributed by atoms with Crippen molar-refractivity contribution in [1.29, 1.82) is 0 Å². The van der Waals surface area contributed by atoms with E-state index in [2.05, 4.69) is 0 Å². The second-order valence-electron chi connectivity index (χ2n) is 4.67. The summed E-state index contributed by atoms with van der Waals surface area (Å²) in [6.07, 6.45) is -13.0. The Morgan fingerprint density at radius 3 is 2.19 bits per heavy atom. The molecule has 1 fully saturated rings. The molecule has 1 saturated heterocycles. The van der Waals surface area contributed by atoms with Crippen molar-refractivity contribution in [3.63, 3.8) is 0 Å². The average molecular weight is 312 g/mol. The van der Waals surface area contributed by atoms with Crippen molar-refractivity contribution in [2.24, 2.45) is 0 Å². The van der Waals surface area contributed by atoms with Gasteiger partial charge in [0.2, 0.25) is 0 Å². The summed E-state index contributed by atoms with van der Waals surface area (Å²) in [5.41, 5.74) is 0. The molecule has 124 valence electrons. The average Bonchev–Trinajstić information content (AvgIpc) is 2.50. The molecule has 0 aromatic heterocycles. The summed E-state index contributed by atoms with van der Waals surface area (Å²) < 4.78 is 10.0. The van der Waals surface area contributed by atoms with Gasteiger partial charge in [0.05, 0.1) is 13.2 Å². The largest absolute Gasteiger partial charge is 0.394 e. The number of carbonyl (C=O) groups excluding carboxylic acids is 1. The van der Waals surface area contributed by atoms with Crippen molar-refractivity contribution in [1.82, 2.24) is 0 Å². The van der Waals surface area contributed by atoms with Gasteiger partial charge in [-0.3, -0.25) is 0 Å². The van der Waals surface area contributed by atoms with Crippen LogP contribution >= 0.6 is 0 Å². The summed E-state index contributed by atoms with van der Waals surface area (Å²) in [7, 11) is 0. The molecule has 7 N–H and O–H groups in total. The van der Waals surface area contributed by atoms with E-state index in [9.17, 15) is 30.3 Å². The number of aliphatic hydroxyl groups is 7. The fourth-order valence-corrected chi connectivity index (χ4v) is 1.91. The summed E-state index contributed by atoms with van der Waals surface area (Å²) in [4.78, 5) is 10.6. The quantitative estimate of drug-likeness (QED) is 0.225. The molecular weight excluding hydrogens is 292 g/mol. The first-order valence-electron chi connectivity index (χ1n) is 6.25. The van der Waals surface area contributed by atoms with Gasteiger partial charge in [0, 0.05) is 0 Å². The third kappa shape index (κ3) is 4.16. The van der Waals surface area contributed by atoms with Gasteiger partial charge in [-0.1, -0.05) is 0 Å². The van der Waals surface area contributed by atoms with Crippen molar-refractivity contribution in [2.75, 3.05) is 13.2 Å². The van der Waals surface area contributed by atoms with Gasteiger partial charge >= 0.3 is 0 Å².